The summed E-state index contributed by atoms with van der Waals surface area (Å²) in [7, 11) is 0. The van der Waals surface area contributed by atoms with Gasteiger partial charge in [-0.1, -0.05) is 41.6 Å². The number of benzene rings is 2. The Bertz CT molecular complexity index is 1310. The Morgan fingerprint density at radius 2 is 1.75 bits per heavy atom. The van der Waals surface area contributed by atoms with Gasteiger partial charge >= 0.3 is 0 Å². The number of halogens is 2. The minimum atomic E-state index is -0.724. The second kappa shape index (κ2) is 10.4. The molecule has 0 spiro atoms. The number of carbonyl (C=O) groups is 1. The van der Waals surface area contributed by atoms with Crippen molar-refractivity contribution in [3.8, 4) is 22.7 Å². The predicted octanol–water partition coefficient (Wildman–Crippen LogP) is 4.51. The summed E-state index contributed by atoms with van der Waals surface area (Å²) in [6.45, 7) is 4.50. The summed E-state index contributed by atoms with van der Waals surface area (Å²) < 4.78 is 38.9. The lowest BCUT2D eigenvalue weighted by Gasteiger charge is -2.36. The first-order valence-electron chi connectivity index (χ1n) is 11.8. The molecule has 2 aromatic heterocycles. The Morgan fingerprint density at radius 1 is 1.03 bits per heavy atom. The van der Waals surface area contributed by atoms with Crippen LogP contribution in [0.4, 0.5) is 8.78 Å². The Morgan fingerprint density at radius 3 is 2.47 bits per heavy atom. The van der Waals surface area contributed by atoms with Crippen LogP contribution in [0, 0.1) is 11.6 Å². The molecule has 0 bridgehead atoms. The molecule has 1 amide bonds. The van der Waals surface area contributed by atoms with E-state index in [2.05, 4.69) is 20.0 Å². The summed E-state index contributed by atoms with van der Waals surface area (Å²) in [5.74, 6) is -0.108. The van der Waals surface area contributed by atoms with Gasteiger partial charge in [0.25, 0.3) is 0 Å². The van der Waals surface area contributed by atoms with Crippen LogP contribution in [0.5, 0.6) is 0 Å². The third-order valence-electron chi connectivity index (χ3n) is 6.36. The standard InChI is InChI=1S/C26H25F2N5O3/c1-17(26-30-25(31-36-26)18-6-3-2-4-7-18)32-12-14-33(15-13-32)23(34)11-10-22-29-16-21(35-22)24-19(27)8-5-9-20(24)28/h2-9,16-17H,10-15H2,1H3. The van der Waals surface area contributed by atoms with Gasteiger partial charge in [-0.15, -0.1) is 0 Å². The van der Waals surface area contributed by atoms with E-state index in [4.69, 9.17) is 8.94 Å². The molecule has 1 aliphatic heterocycles. The van der Waals surface area contributed by atoms with Gasteiger partial charge in [0.15, 0.2) is 11.7 Å². The van der Waals surface area contributed by atoms with Crippen molar-refractivity contribution in [3.63, 3.8) is 0 Å². The quantitative estimate of drug-likeness (QED) is 0.374. The molecule has 4 aromatic rings. The van der Waals surface area contributed by atoms with Crippen molar-refractivity contribution in [3.05, 3.63) is 78.1 Å². The molecule has 36 heavy (non-hydrogen) atoms. The van der Waals surface area contributed by atoms with Crippen LogP contribution in [-0.2, 0) is 11.2 Å². The van der Waals surface area contributed by atoms with Crippen LogP contribution < -0.4 is 0 Å². The maximum atomic E-state index is 14.0. The first-order valence-corrected chi connectivity index (χ1v) is 11.8. The van der Waals surface area contributed by atoms with E-state index in [0.717, 1.165) is 17.7 Å². The van der Waals surface area contributed by atoms with Gasteiger partial charge in [0.2, 0.25) is 17.6 Å². The van der Waals surface area contributed by atoms with Gasteiger partial charge in [0.05, 0.1) is 17.8 Å². The lowest BCUT2D eigenvalue weighted by atomic mass is 10.1. The molecule has 8 nitrogen and oxygen atoms in total. The van der Waals surface area contributed by atoms with E-state index in [0.29, 0.717) is 37.9 Å². The lowest BCUT2D eigenvalue weighted by Crippen LogP contribution is -2.49. The van der Waals surface area contributed by atoms with E-state index < -0.39 is 11.6 Å². The number of oxazole rings is 1. The Hall–Kier alpha value is -3.92. The van der Waals surface area contributed by atoms with Crippen LogP contribution >= 0.6 is 0 Å². The second-order valence-corrected chi connectivity index (χ2v) is 8.63. The highest BCUT2D eigenvalue weighted by atomic mass is 19.1. The van der Waals surface area contributed by atoms with Crippen molar-refractivity contribution >= 4 is 5.91 Å². The van der Waals surface area contributed by atoms with Gasteiger partial charge < -0.3 is 13.8 Å². The van der Waals surface area contributed by atoms with E-state index in [9.17, 15) is 13.6 Å². The molecular weight excluding hydrogens is 468 g/mol. The van der Waals surface area contributed by atoms with E-state index in [1.54, 1.807) is 4.90 Å². The number of carbonyl (C=O) groups excluding carboxylic acids is 1. The summed E-state index contributed by atoms with van der Waals surface area (Å²) in [5, 5.41) is 4.10. The molecule has 1 saturated heterocycles. The maximum absolute atomic E-state index is 14.0. The van der Waals surface area contributed by atoms with Crippen LogP contribution in [0.25, 0.3) is 22.7 Å². The van der Waals surface area contributed by atoms with E-state index in [1.807, 2.05) is 37.3 Å². The van der Waals surface area contributed by atoms with Gasteiger partial charge in [-0.25, -0.2) is 13.8 Å². The molecule has 186 valence electrons. The fraction of sp³-hybridized carbons (Fsp3) is 0.308. The highest BCUT2D eigenvalue weighted by Crippen LogP contribution is 2.27. The van der Waals surface area contributed by atoms with E-state index in [1.165, 1.54) is 12.3 Å². The molecular formula is C26H25F2N5O3. The topological polar surface area (TPSA) is 88.5 Å². The van der Waals surface area contributed by atoms with Crippen molar-refractivity contribution in [1.82, 2.24) is 24.9 Å². The fourth-order valence-corrected chi connectivity index (χ4v) is 4.27. The van der Waals surface area contributed by atoms with Crippen LogP contribution in [0.1, 0.15) is 31.2 Å². The Labute approximate surface area is 206 Å². The summed E-state index contributed by atoms with van der Waals surface area (Å²) in [5.41, 5.74) is 0.636. The first kappa shape index (κ1) is 23.8. The molecule has 5 rings (SSSR count). The van der Waals surface area contributed by atoms with Crippen molar-refractivity contribution in [2.75, 3.05) is 26.2 Å². The number of nitrogens with zero attached hydrogens (tertiary/aromatic N) is 5. The molecule has 10 heteroatoms. The molecule has 0 aliphatic carbocycles. The highest BCUT2D eigenvalue weighted by molar-refractivity contribution is 5.76. The number of hydrogen-bond acceptors (Lipinski definition) is 7. The lowest BCUT2D eigenvalue weighted by molar-refractivity contribution is -0.133. The minimum absolute atomic E-state index is 0.00657. The van der Waals surface area contributed by atoms with E-state index in [-0.39, 0.29) is 42.0 Å². The molecule has 0 radical (unpaired) electrons. The summed E-state index contributed by atoms with van der Waals surface area (Å²) in [6, 6.07) is 13.2. The number of aryl methyl sites for hydroxylation is 1. The monoisotopic (exact) mass is 493 g/mol. The van der Waals surface area contributed by atoms with Crippen molar-refractivity contribution in [2.45, 2.75) is 25.8 Å². The highest BCUT2D eigenvalue weighted by Gasteiger charge is 2.28. The van der Waals surface area contributed by atoms with Gasteiger partial charge in [-0.3, -0.25) is 9.69 Å². The molecule has 0 N–H and O–H groups in total. The molecule has 1 aliphatic rings. The largest absolute Gasteiger partial charge is 0.441 e. The smallest absolute Gasteiger partial charge is 0.244 e. The number of hydrogen-bond donors (Lipinski definition) is 0. The first-order chi connectivity index (χ1) is 17.5. The van der Waals surface area contributed by atoms with Crippen LogP contribution in [0.2, 0.25) is 0 Å². The SMILES string of the molecule is CC(c1nc(-c2ccccc2)no1)N1CCN(C(=O)CCc2ncc(-c3c(F)cccc3F)o2)CC1. The zero-order chi connectivity index (χ0) is 25.1. The Kier molecular flexibility index (Phi) is 6.86. The van der Waals surface area contributed by atoms with Gasteiger partial charge in [-0.05, 0) is 19.1 Å². The minimum Gasteiger partial charge on any atom is -0.441 e. The molecule has 1 fully saturated rings. The van der Waals surface area contributed by atoms with Gasteiger partial charge in [0.1, 0.15) is 11.6 Å². The summed E-state index contributed by atoms with van der Waals surface area (Å²) in [4.78, 5) is 25.4. The fourth-order valence-electron chi connectivity index (χ4n) is 4.27. The normalized spacial score (nSPS) is 15.2. The van der Waals surface area contributed by atoms with Crippen molar-refractivity contribution in [1.29, 1.82) is 0 Å². The molecule has 1 unspecified atom stereocenters. The summed E-state index contributed by atoms with van der Waals surface area (Å²) >= 11 is 0. The van der Waals surface area contributed by atoms with Crippen LogP contribution in [-0.4, -0.2) is 57.0 Å². The average molecular weight is 494 g/mol. The van der Waals surface area contributed by atoms with Crippen LogP contribution in [0.15, 0.2) is 63.7 Å². The number of piperazine rings is 1. The second-order valence-electron chi connectivity index (χ2n) is 8.63. The average Bonchev–Trinajstić information content (AvgIpc) is 3.58. The zero-order valence-electron chi connectivity index (χ0n) is 19.7. The molecule has 3 heterocycles. The predicted molar refractivity (Wildman–Crippen MR) is 126 cm³/mol. The van der Waals surface area contributed by atoms with Crippen LogP contribution in [0.3, 0.4) is 0 Å². The maximum Gasteiger partial charge on any atom is 0.244 e. The third-order valence-corrected chi connectivity index (χ3v) is 6.36. The van der Waals surface area contributed by atoms with Crippen molar-refractivity contribution in [2.24, 2.45) is 0 Å². The molecule has 0 saturated carbocycles. The van der Waals surface area contributed by atoms with Gasteiger partial charge in [0, 0.05) is 44.6 Å². The summed E-state index contributed by atoms with van der Waals surface area (Å²) in [6.07, 6.45) is 1.72. The molecule has 2 aromatic carbocycles. The van der Waals surface area contributed by atoms with Gasteiger partial charge in [-0.2, -0.15) is 4.98 Å². The van der Waals surface area contributed by atoms with Crippen molar-refractivity contribution < 1.29 is 22.5 Å². The van der Waals surface area contributed by atoms with E-state index >= 15 is 0 Å². The number of aromatic nitrogens is 3. The third kappa shape index (κ3) is 5.03. The molecule has 1 atom stereocenters. The zero-order valence-corrected chi connectivity index (χ0v) is 19.7. The number of rotatable bonds is 7. The number of amides is 1. The Balaban J connectivity index is 1.12.